The molecule has 4 heteroatoms. The molecule has 17 heavy (non-hydrogen) atoms. The predicted molar refractivity (Wildman–Crippen MR) is 74.0 cm³/mol. The largest absolute Gasteiger partial charge is 0.351 e. The van der Waals surface area contributed by atoms with Gasteiger partial charge in [0.2, 0.25) is 0 Å². The molecule has 1 aromatic carbocycles. The summed E-state index contributed by atoms with van der Waals surface area (Å²) in [5, 5.41) is 3.46. The van der Waals surface area contributed by atoms with E-state index in [1.165, 1.54) is 12.8 Å². The van der Waals surface area contributed by atoms with Crippen LogP contribution >= 0.6 is 27.5 Å². The van der Waals surface area contributed by atoms with Gasteiger partial charge in [-0.3, -0.25) is 4.79 Å². The summed E-state index contributed by atoms with van der Waals surface area (Å²) in [6.07, 6.45) is 2.52. The van der Waals surface area contributed by atoms with Gasteiger partial charge < -0.3 is 5.32 Å². The topological polar surface area (TPSA) is 29.1 Å². The number of carbonyl (C=O) groups is 1. The van der Waals surface area contributed by atoms with Crippen LogP contribution in [0.5, 0.6) is 0 Å². The summed E-state index contributed by atoms with van der Waals surface area (Å²) >= 11 is 9.70. The fourth-order valence-electron chi connectivity index (χ4n) is 1.73. The van der Waals surface area contributed by atoms with Gasteiger partial charge in [0.1, 0.15) is 0 Å². The third kappa shape index (κ3) is 3.23. The normalized spacial score (nSPS) is 16.6. The van der Waals surface area contributed by atoms with Crippen LogP contribution in [0.15, 0.2) is 18.2 Å². The number of carbonyl (C=O) groups excluding carboxylic acids is 1. The van der Waals surface area contributed by atoms with E-state index in [-0.39, 0.29) is 5.91 Å². The Labute approximate surface area is 115 Å². The molecular weight excluding hydrogens is 302 g/mol. The Morgan fingerprint density at radius 2 is 2.29 bits per heavy atom. The van der Waals surface area contributed by atoms with Crippen LogP contribution in [0, 0.1) is 12.8 Å². The van der Waals surface area contributed by atoms with Gasteiger partial charge in [-0.25, -0.2) is 0 Å². The minimum absolute atomic E-state index is 0.0937. The number of rotatable bonds is 4. The van der Waals surface area contributed by atoms with Gasteiger partial charge >= 0.3 is 0 Å². The molecule has 92 valence electrons. The van der Waals surface area contributed by atoms with E-state index in [0.717, 1.165) is 11.5 Å². The highest BCUT2D eigenvalue weighted by Crippen LogP contribution is 2.36. The lowest BCUT2D eigenvalue weighted by Crippen LogP contribution is -2.30. The van der Waals surface area contributed by atoms with E-state index in [1.807, 2.05) is 19.1 Å². The second-order valence-corrected chi connectivity index (χ2v) is 6.05. The number of hydrogen-bond donors (Lipinski definition) is 1. The van der Waals surface area contributed by atoms with Crippen molar-refractivity contribution < 1.29 is 4.79 Å². The first kappa shape index (κ1) is 12.9. The summed E-state index contributed by atoms with van der Waals surface area (Å²) in [5.74, 6) is 0.632. The summed E-state index contributed by atoms with van der Waals surface area (Å²) in [5.41, 5.74) is 1.49. The smallest absolute Gasteiger partial charge is 0.252 e. The van der Waals surface area contributed by atoms with Crippen LogP contribution in [-0.4, -0.2) is 17.3 Å². The van der Waals surface area contributed by atoms with E-state index >= 15 is 0 Å². The average molecular weight is 317 g/mol. The molecule has 0 saturated heterocycles. The Kier molecular flexibility index (Phi) is 4.10. The van der Waals surface area contributed by atoms with Crippen LogP contribution in [0.3, 0.4) is 0 Å². The molecule has 1 unspecified atom stereocenters. The highest BCUT2D eigenvalue weighted by atomic mass is 79.9. The van der Waals surface area contributed by atoms with Crippen molar-refractivity contribution in [1.29, 1.82) is 0 Å². The highest BCUT2D eigenvalue weighted by molar-refractivity contribution is 9.09. The van der Waals surface area contributed by atoms with Gasteiger partial charge in [-0.15, -0.1) is 0 Å². The summed E-state index contributed by atoms with van der Waals surface area (Å²) in [4.78, 5) is 12.3. The van der Waals surface area contributed by atoms with E-state index in [1.54, 1.807) is 6.07 Å². The molecule has 1 fully saturated rings. The van der Waals surface area contributed by atoms with E-state index in [2.05, 4.69) is 21.2 Å². The highest BCUT2D eigenvalue weighted by Gasteiger charge is 2.29. The lowest BCUT2D eigenvalue weighted by molar-refractivity contribution is 0.0953. The van der Waals surface area contributed by atoms with Crippen molar-refractivity contribution in [2.24, 2.45) is 5.92 Å². The molecule has 0 heterocycles. The van der Waals surface area contributed by atoms with E-state index in [0.29, 0.717) is 22.0 Å². The van der Waals surface area contributed by atoms with Gasteiger partial charge in [0.05, 0.1) is 10.6 Å². The van der Waals surface area contributed by atoms with Gasteiger partial charge in [-0.1, -0.05) is 39.7 Å². The molecule has 0 aromatic heterocycles. The fraction of sp³-hybridized carbons (Fsp3) is 0.462. The molecule has 1 aliphatic rings. The maximum absolute atomic E-state index is 11.9. The molecule has 1 atom stereocenters. The van der Waals surface area contributed by atoms with Gasteiger partial charge in [0.25, 0.3) is 5.91 Å². The third-order valence-corrected chi connectivity index (χ3v) is 4.60. The van der Waals surface area contributed by atoms with Crippen molar-refractivity contribution in [1.82, 2.24) is 5.32 Å². The number of nitrogens with one attached hydrogen (secondary N) is 1. The van der Waals surface area contributed by atoms with Crippen LogP contribution in [0.4, 0.5) is 0 Å². The first-order valence-electron chi connectivity index (χ1n) is 5.77. The summed E-state index contributed by atoms with van der Waals surface area (Å²) in [7, 11) is 0. The Morgan fingerprint density at radius 1 is 1.59 bits per heavy atom. The Bertz CT molecular complexity index is 431. The molecular formula is C13H15BrClNO. The van der Waals surface area contributed by atoms with Crippen molar-refractivity contribution in [2.75, 3.05) is 6.54 Å². The van der Waals surface area contributed by atoms with Gasteiger partial charge in [-0.2, -0.15) is 0 Å². The van der Waals surface area contributed by atoms with Crippen molar-refractivity contribution in [3.05, 3.63) is 34.3 Å². The van der Waals surface area contributed by atoms with E-state index < -0.39 is 0 Å². The van der Waals surface area contributed by atoms with Crippen LogP contribution in [0.25, 0.3) is 0 Å². The molecule has 1 amide bonds. The van der Waals surface area contributed by atoms with E-state index in [9.17, 15) is 4.79 Å². The van der Waals surface area contributed by atoms with Crippen LogP contribution in [0.2, 0.25) is 5.02 Å². The second-order valence-electron chi connectivity index (χ2n) is 4.50. The summed E-state index contributed by atoms with van der Waals surface area (Å²) in [6, 6.07) is 5.50. The molecule has 0 radical (unpaired) electrons. The summed E-state index contributed by atoms with van der Waals surface area (Å²) < 4.78 is 0. The number of amides is 1. The van der Waals surface area contributed by atoms with Crippen molar-refractivity contribution in [3.63, 3.8) is 0 Å². The Hall–Kier alpha value is -0.540. The quantitative estimate of drug-likeness (QED) is 0.846. The summed E-state index contributed by atoms with van der Waals surface area (Å²) in [6.45, 7) is 2.56. The molecule has 0 spiro atoms. The Morgan fingerprint density at radius 3 is 2.94 bits per heavy atom. The van der Waals surface area contributed by atoms with Crippen molar-refractivity contribution >= 4 is 33.4 Å². The predicted octanol–water partition coefficient (Wildman–Crippen LogP) is 3.55. The van der Waals surface area contributed by atoms with Crippen molar-refractivity contribution in [2.45, 2.75) is 24.6 Å². The molecule has 0 bridgehead atoms. The van der Waals surface area contributed by atoms with Crippen molar-refractivity contribution in [3.8, 4) is 0 Å². The Balaban J connectivity index is 1.96. The zero-order chi connectivity index (χ0) is 12.4. The maximum Gasteiger partial charge on any atom is 0.252 e. The minimum atomic E-state index is -0.0937. The van der Waals surface area contributed by atoms with Crippen LogP contribution in [-0.2, 0) is 0 Å². The molecule has 1 saturated carbocycles. The number of hydrogen-bond acceptors (Lipinski definition) is 1. The first-order chi connectivity index (χ1) is 8.09. The number of alkyl halides is 1. The van der Waals surface area contributed by atoms with Gasteiger partial charge in [0, 0.05) is 11.4 Å². The second kappa shape index (κ2) is 5.40. The van der Waals surface area contributed by atoms with E-state index in [4.69, 9.17) is 11.6 Å². The molecule has 2 nitrogen and oxygen atoms in total. The number of halogens is 2. The first-order valence-corrected chi connectivity index (χ1v) is 7.06. The molecule has 0 aliphatic heterocycles. The van der Waals surface area contributed by atoms with Crippen LogP contribution < -0.4 is 5.32 Å². The lowest BCUT2D eigenvalue weighted by atomic mass is 10.1. The fourth-order valence-corrected chi connectivity index (χ4v) is 2.64. The minimum Gasteiger partial charge on any atom is -0.351 e. The maximum atomic E-state index is 11.9. The van der Waals surface area contributed by atoms with Crippen LogP contribution in [0.1, 0.15) is 28.8 Å². The lowest BCUT2D eigenvalue weighted by Gasteiger charge is -2.11. The van der Waals surface area contributed by atoms with Gasteiger partial charge in [-0.05, 0) is 37.3 Å². The average Bonchev–Trinajstić information content (AvgIpc) is 3.13. The molecule has 1 aromatic rings. The van der Waals surface area contributed by atoms with Gasteiger partial charge in [0.15, 0.2) is 0 Å². The zero-order valence-corrected chi connectivity index (χ0v) is 12.0. The monoisotopic (exact) mass is 315 g/mol. The molecule has 2 rings (SSSR count). The number of aryl methyl sites for hydroxylation is 1. The standard InChI is InChI=1S/C13H15BrClNO/c1-8-3-2-4-10(12(8)15)13(17)16-7-11(14)9-5-6-9/h2-4,9,11H,5-7H2,1H3,(H,16,17). The zero-order valence-electron chi connectivity index (χ0n) is 9.67. The number of benzene rings is 1. The molecule has 1 aliphatic carbocycles. The molecule has 1 N–H and O–H groups in total. The SMILES string of the molecule is Cc1cccc(C(=O)NCC(Br)C2CC2)c1Cl. The third-order valence-electron chi connectivity index (χ3n) is 3.03.